The highest BCUT2D eigenvalue weighted by atomic mass is 19.1. The Bertz CT molecular complexity index is 1200. The highest BCUT2D eigenvalue weighted by Gasteiger charge is 2.51. The lowest BCUT2D eigenvalue weighted by molar-refractivity contribution is -0.165. The molecule has 1 aromatic heterocycles. The van der Waals surface area contributed by atoms with Gasteiger partial charge in [-0.05, 0) is 38.0 Å². The van der Waals surface area contributed by atoms with Crippen molar-refractivity contribution in [1.29, 1.82) is 0 Å². The summed E-state index contributed by atoms with van der Waals surface area (Å²) in [6, 6.07) is 0. The van der Waals surface area contributed by atoms with Gasteiger partial charge in [0.1, 0.15) is 18.4 Å². The Morgan fingerprint density at radius 1 is 0.848 bits per heavy atom. The number of ether oxygens (including phenoxy) is 3. The molecule has 2 fully saturated rings. The molecule has 2 N–H and O–H groups in total. The van der Waals surface area contributed by atoms with E-state index in [0.717, 1.165) is 38.5 Å². The van der Waals surface area contributed by atoms with Gasteiger partial charge in [0.2, 0.25) is 0 Å². The number of aliphatic imine (C=N–C) groups is 1. The molecule has 0 aliphatic carbocycles. The van der Waals surface area contributed by atoms with Crippen molar-refractivity contribution in [3.63, 3.8) is 0 Å². The Hall–Kier alpha value is -3.06. The van der Waals surface area contributed by atoms with Crippen LogP contribution in [-0.2, 0) is 30.2 Å². The van der Waals surface area contributed by atoms with Gasteiger partial charge in [0.15, 0.2) is 11.4 Å². The summed E-state index contributed by atoms with van der Waals surface area (Å²) in [5.41, 5.74) is 5.39. The number of halogens is 1. The Kier molecular flexibility index (Phi) is 14.7. The van der Waals surface area contributed by atoms with Crippen LogP contribution < -0.4 is 5.73 Å². The van der Waals surface area contributed by atoms with Gasteiger partial charge >= 0.3 is 18.0 Å². The molecule has 0 aromatic carbocycles. The number of hydrogen-bond acceptors (Lipinski definition) is 9. The highest BCUT2D eigenvalue weighted by Crippen LogP contribution is 2.38. The fraction of sp³-hybridized carbons (Fsp3) is 0.750. The number of aryl methyl sites for hydroxylation is 1. The third-order valence-electron chi connectivity index (χ3n) is 9.54. The Balaban J connectivity index is 1.37. The van der Waals surface area contributed by atoms with E-state index in [4.69, 9.17) is 26.4 Å². The van der Waals surface area contributed by atoms with E-state index in [1.165, 1.54) is 64.2 Å². The largest absolute Gasteiger partial charge is 0.461 e. The number of hydrogen-bond donors (Lipinski definition) is 1. The number of fused-ring (bicyclic) bond motifs is 2. The lowest BCUT2D eigenvalue weighted by atomic mass is 9.93. The van der Waals surface area contributed by atoms with Crippen molar-refractivity contribution in [2.75, 3.05) is 12.3 Å². The minimum atomic E-state index is -1.37. The fourth-order valence-electron chi connectivity index (χ4n) is 6.82. The zero-order chi connectivity index (χ0) is 32.6. The first kappa shape index (κ1) is 35.8. The quantitative estimate of drug-likeness (QED) is 0.200. The number of anilines is 1. The van der Waals surface area contributed by atoms with Gasteiger partial charge in [0.05, 0.1) is 11.8 Å². The van der Waals surface area contributed by atoms with Crippen LogP contribution in [0.2, 0.25) is 0 Å². The van der Waals surface area contributed by atoms with Crippen LogP contribution in [0.15, 0.2) is 4.99 Å². The number of aromatic nitrogens is 2. The summed E-state index contributed by atoms with van der Waals surface area (Å²) in [6.45, 7) is -0.174. The second kappa shape index (κ2) is 18.9. The smallest absolute Gasteiger partial charge is 0.310 e. The number of nitrogen functional groups attached to an aromatic ring is 1. The predicted molar refractivity (Wildman–Crippen MR) is 176 cm³/mol. The van der Waals surface area contributed by atoms with E-state index in [0.29, 0.717) is 49.9 Å². The molecule has 0 spiro atoms. The highest BCUT2D eigenvalue weighted by molar-refractivity contribution is 5.73. The molecule has 9 nitrogen and oxygen atoms in total. The van der Waals surface area contributed by atoms with Gasteiger partial charge in [0.25, 0.3) is 0 Å². The Labute approximate surface area is 274 Å². The van der Waals surface area contributed by atoms with Crippen molar-refractivity contribution >= 4 is 29.7 Å². The maximum Gasteiger partial charge on any atom is 0.310 e. The molecule has 3 aliphatic heterocycles. The third-order valence-corrected chi connectivity index (χ3v) is 9.54. The van der Waals surface area contributed by atoms with Crippen molar-refractivity contribution in [1.82, 2.24) is 9.97 Å². The molecule has 4 atom stereocenters. The first-order valence-electron chi connectivity index (χ1n) is 17.8. The van der Waals surface area contributed by atoms with Crippen LogP contribution in [0.5, 0.6) is 0 Å². The zero-order valence-electron chi connectivity index (χ0n) is 27.5. The number of cyclic esters (lactones) is 1. The second-order valence-corrected chi connectivity index (χ2v) is 13.3. The summed E-state index contributed by atoms with van der Waals surface area (Å²) in [4.78, 5) is 37.6. The van der Waals surface area contributed by atoms with E-state index in [9.17, 15) is 14.0 Å². The van der Waals surface area contributed by atoms with Crippen molar-refractivity contribution in [3.8, 4) is 12.3 Å². The summed E-state index contributed by atoms with van der Waals surface area (Å²) < 4.78 is 31.8. The minimum absolute atomic E-state index is 0.0108. The van der Waals surface area contributed by atoms with Gasteiger partial charge in [-0.3, -0.25) is 14.6 Å². The zero-order valence-corrected chi connectivity index (χ0v) is 27.5. The minimum Gasteiger partial charge on any atom is -0.461 e. The topological polar surface area (TPSA) is 126 Å². The number of terminal acetylenes is 1. The monoisotopic (exact) mass is 640 g/mol. The van der Waals surface area contributed by atoms with Crippen LogP contribution in [0.4, 0.5) is 15.9 Å². The Morgan fingerprint density at radius 3 is 2.00 bits per heavy atom. The predicted octanol–water partition coefficient (Wildman–Crippen LogP) is 7.50. The van der Waals surface area contributed by atoms with E-state index >= 15 is 0 Å². The summed E-state index contributed by atoms with van der Waals surface area (Å²) in [6.07, 6.45) is 27.0. The standard InChI is InChI=1S/C36H53FN4O5/c1-2-36-26-44-31(42)19-17-15-13-11-9-7-5-3-4-6-8-10-12-14-16-18-20-32(43)45-30(36)24-28(46-36)23-27-21-22-29-33(39-25-27)34(38)41-35(37)40-29/h1,25,27-28,30H,3-24,26H2,(H2,38,40,41)/t27?,28-,30-,36+/m0/s1. The summed E-state index contributed by atoms with van der Waals surface area (Å²) in [7, 11) is 0. The molecule has 2 saturated heterocycles. The second-order valence-electron chi connectivity index (χ2n) is 13.3. The fourth-order valence-corrected chi connectivity index (χ4v) is 6.82. The molecule has 10 heteroatoms. The van der Waals surface area contributed by atoms with Crippen LogP contribution in [0.25, 0.3) is 0 Å². The number of nitrogens with zero attached hydrogens (tertiary/aromatic N) is 3. The summed E-state index contributed by atoms with van der Waals surface area (Å²) >= 11 is 0. The average Bonchev–Trinajstić information content (AvgIpc) is 3.23. The van der Waals surface area contributed by atoms with Crippen LogP contribution in [-0.4, -0.2) is 52.5 Å². The molecule has 3 aliphatic rings. The summed E-state index contributed by atoms with van der Waals surface area (Å²) in [5, 5.41) is 0. The number of nitrogens with two attached hydrogens (primary N) is 1. The van der Waals surface area contributed by atoms with E-state index in [2.05, 4.69) is 20.9 Å². The first-order valence-corrected chi connectivity index (χ1v) is 17.8. The first-order chi connectivity index (χ1) is 22.4. The molecular formula is C36H53FN4O5. The molecule has 0 radical (unpaired) electrons. The molecule has 4 rings (SSSR count). The van der Waals surface area contributed by atoms with Crippen molar-refractivity contribution in [2.45, 2.75) is 159 Å². The molecule has 0 bridgehead atoms. The molecular weight excluding hydrogens is 587 g/mol. The van der Waals surface area contributed by atoms with Crippen molar-refractivity contribution in [2.24, 2.45) is 10.9 Å². The number of carbonyl (C=O) groups excluding carboxylic acids is 2. The van der Waals surface area contributed by atoms with Crippen LogP contribution in [0, 0.1) is 24.3 Å². The SMILES string of the molecule is C#C[C@@]12COC(=O)CCCCCCCCCCCCCCCCCCC(=O)O[C@H]1C[C@H](CC1C=Nc3c(N)nc(F)nc3CC1)O2. The molecule has 1 unspecified atom stereocenters. The van der Waals surface area contributed by atoms with E-state index in [-0.39, 0.29) is 36.4 Å². The maximum atomic E-state index is 13.8. The molecule has 254 valence electrons. The van der Waals surface area contributed by atoms with Crippen LogP contribution in [0.3, 0.4) is 0 Å². The lowest BCUT2D eigenvalue weighted by Crippen LogP contribution is -2.45. The van der Waals surface area contributed by atoms with Crippen LogP contribution >= 0.6 is 0 Å². The van der Waals surface area contributed by atoms with E-state index in [1.807, 2.05) is 0 Å². The lowest BCUT2D eigenvalue weighted by Gasteiger charge is -2.29. The van der Waals surface area contributed by atoms with E-state index in [1.54, 1.807) is 6.21 Å². The molecule has 46 heavy (non-hydrogen) atoms. The molecule has 0 saturated carbocycles. The van der Waals surface area contributed by atoms with Gasteiger partial charge in [-0.2, -0.15) is 9.37 Å². The average molecular weight is 641 g/mol. The molecule has 0 amide bonds. The van der Waals surface area contributed by atoms with Gasteiger partial charge < -0.3 is 19.9 Å². The van der Waals surface area contributed by atoms with Gasteiger partial charge in [0, 0.05) is 25.5 Å². The number of carbonyl (C=O) groups is 2. The van der Waals surface area contributed by atoms with Crippen molar-refractivity contribution in [3.05, 3.63) is 11.8 Å². The van der Waals surface area contributed by atoms with Crippen molar-refractivity contribution < 1.29 is 28.2 Å². The third kappa shape index (κ3) is 11.3. The van der Waals surface area contributed by atoms with Crippen LogP contribution in [0.1, 0.15) is 141 Å². The molecule has 4 heterocycles. The number of esters is 2. The van der Waals surface area contributed by atoms with Gasteiger partial charge in [-0.15, -0.1) is 6.42 Å². The molecule has 1 aromatic rings. The maximum absolute atomic E-state index is 13.8. The summed E-state index contributed by atoms with van der Waals surface area (Å²) in [5.74, 6) is 2.04. The van der Waals surface area contributed by atoms with E-state index < -0.39 is 17.8 Å². The Morgan fingerprint density at radius 2 is 1.41 bits per heavy atom. The van der Waals surface area contributed by atoms with Gasteiger partial charge in [-0.25, -0.2) is 4.98 Å². The van der Waals surface area contributed by atoms with Gasteiger partial charge in [-0.1, -0.05) is 95.8 Å². The normalized spacial score (nSPS) is 28.7. The number of rotatable bonds is 2.